The van der Waals surface area contributed by atoms with Crippen molar-refractivity contribution in [2.75, 3.05) is 5.32 Å². The maximum Gasteiger partial charge on any atom is 0.291 e. The number of hydrogen-bond acceptors (Lipinski definition) is 4. The Labute approximate surface area is 122 Å². The minimum Gasteiger partial charge on any atom is -0.368 e. The number of nitrogens with one attached hydrogen (secondary N) is 1. The van der Waals surface area contributed by atoms with E-state index in [1.807, 2.05) is 13.8 Å². The molecule has 0 spiro atoms. The van der Waals surface area contributed by atoms with E-state index in [2.05, 4.69) is 10.4 Å². The molecule has 2 rings (SSSR count). The quantitative estimate of drug-likeness (QED) is 0.826. The molecule has 1 aliphatic rings. The van der Waals surface area contributed by atoms with Gasteiger partial charge in [0.25, 0.3) is 5.56 Å². The van der Waals surface area contributed by atoms with Crippen molar-refractivity contribution < 1.29 is 4.79 Å². The van der Waals surface area contributed by atoms with Crippen molar-refractivity contribution in [3.8, 4) is 0 Å². The van der Waals surface area contributed by atoms with Crippen molar-refractivity contribution in [2.24, 2.45) is 17.6 Å². The molecule has 1 aliphatic carbocycles. The van der Waals surface area contributed by atoms with Crippen LogP contribution in [0.15, 0.2) is 11.0 Å². The van der Waals surface area contributed by atoms with Gasteiger partial charge in [-0.2, -0.15) is 5.10 Å². The Kier molecular flexibility index (Phi) is 4.32. The largest absolute Gasteiger partial charge is 0.368 e. The maximum absolute atomic E-state index is 12.3. The molecule has 1 aromatic heterocycles. The topological polar surface area (TPSA) is 90.0 Å². The Bertz CT molecular complexity index is 566. The van der Waals surface area contributed by atoms with Gasteiger partial charge in [0, 0.05) is 6.54 Å². The van der Waals surface area contributed by atoms with Gasteiger partial charge < -0.3 is 11.1 Å². The molecule has 1 amide bonds. The van der Waals surface area contributed by atoms with Gasteiger partial charge >= 0.3 is 0 Å². The number of nitrogens with two attached hydrogens (primary N) is 1. The number of halogens is 1. The molecule has 6 nitrogen and oxygen atoms in total. The summed E-state index contributed by atoms with van der Waals surface area (Å²) in [5.41, 5.74) is 5.23. The molecule has 0 aliphatic heterocycles. The van der Waals surface area contributed by atoms with Gasteiger partial charge in [0.1, 0.15) is 11.7 Å². The lowest BCUT2D eigenvalue weighted by Gasteiger charge is -2.20. The predicted molar refractivity (Wildman–Crippen MR) is 77.7 cm³/mol. The van der Waals surface area contributed by atoms with E-state index >= 15 is 0 Å². The Morgan fingerprint density at radius 3 is 2.75 bits per heavy atom. The van der Waals surface area contributed by atoms with Crippen molar-refractivity contribution in [1.29, 1.82) is 0 Å². The Morgan fingerprint density at radius 1 is 1.60 bits per heavy atom. The summed E-state index contributed by atoms with van der Waals surface area (Å²) in [7, 11) is 0. The van der Waals surface area contributed by atoms with Crippen LogP contribution >= 0.6 is 11.6 Å². The maximum atomic E-state index is 12.3. The summed E-state index contributed by atoms with van der Waals surface area (Å²) in [6.45, 7) is 4.29. The fourth-order valence-electron chi connectivity index (χ4n) is 2.00. The molecule has 3 N–H and O–H groups in total. The van der Waals surface area contributed by atoms with Crippen molar-refractivity contribution in [3.05, 3.63) is 21.6 Å². The number of hydrogen-bond donors (Lipinski definition) is 2. The van der Waals surface area contributed by atoms with Crippen LogP contribution in [0.2, 0.25) is 5.02 Å². The smallest absolute Gasteiger partial charge is 0.291 e. The van der Waals surface area contributed by atoms with Crippen LogP contribution in [0.1, 0.15) is 26.7 Å². The second-order valence-corrected chi connectivity index (χ2v) is 5.97. The number of primary amides is 1. The van der Waals surface area contributed by atoms with E-state index in [0.29, 0.717) is 12.5 Å². The number of anilines is 1. The first-order valence-corrected chi connectivity index (χ1v) is 7.09. The zero-order valence-corrected chi connectivity index (χ0v) is 12.4. The van der Waals surface area contributed by atoms with Crippen molar-refractivity contribution in [1.82, 2.24) is 9.78 Å². The van der Waals surface area contributed by atoms with E-state index < -0.39 is 11.9 Å². The molecule has 1 saturated carbocycles. The van der Waals surface area contributed by atoms with E-state index in [1.54, 1.807) is 0 Å². The van der Waals surface area contributed by atoms with Crippen LogP contribution in [0, 0.1) is 11.8 Å². The van der Waals surface area contributed by atoms with Crippen LogP contribution in [-0.4, -0.2) is 21.7 Å². The Balaban J connectivity index is 2.29. The van der Waals surface area contributed by atoms with Crippen LogP contribution in [0.3, 0.4) is 0 Å². The number of amides is 1. The molecule has 1 atom stereocenters. The Hall–Kier alpha value is -1.56. The molecule has 0 bridgehead atoms. The standard InChI is InChI=1S/C13H19ClN4O2/c1-7(2)10(12(15)19)17-11-9(14)5-16-18(13(11)20)6-8-3-4-8/h5,7-8,10,17H,3-4,6H2,1-2H3,(H2,15,19). The highest BCUT2D eigenvalue weighted by molar-refractivity contribution is 6.33. The number of carbonyl (C=O) groups excluding carboxylic acids is 1. The second-order valence-electron chi connectivity index (χ2n) is 5.57. The molecule has 1 aromatic rings. The van der Waals surface area contributed by atoms with E-state index in [9.17, 15) is 9.59 Å². The van der Waals surface area contributed by atoms with Gasteiger partial charge in [-0.3, -0.25) is 9.59 Å². The summed E-state index contributed by atoms with van der Waals surface area (Å²) in [6.07, 6.45) is 3.66. The van der Waals surface area contributed by atoms with Gasteiger partial charge in [-0.25, -0.2) is 4.68 Å². The summed E-state index contributed by atoms with van der Waals surface area (Å²) in [5.74, 6) is -0.0414. The third-order valence-corrected chi connectivity index (χ3v) is 3.69. The zero-order valence-electron chi connectivity index (χ0n) is 11.6. The summed E-state index contributed by atoms with van der Waals surface area (Å²) < 4.78 is 1.39. The summed E-state index contributed by atoms with van der Waals surface area (Å²) in [5, 5.41) is 7.10. The lowest BCUT2D eigenvalue weighted by Crippen LogP contribution is -2.41. The van der Waals surface area contributed by atoms with Gasteiger partial charge in [0.15, 0.2) is 0 Å². The molecule has 0 aromatic carbocycles. The average molecular weight is 299 g/mol. The molecule has 1 heterocycles. The molecule has 1 fully saturated rings. The first-order valence-electron chi connectivity index (χ1n) is 6.71. The van der Waals surface area contributed by atoms with E-state index in [-0.39, 0.29) is 22.2 Å². The van der Waals surface area contributed by atoms with E-state index in [0.717, 1.165) is 12.8 Å². The number of aromatic nitrogens is 2. The minimum absolute atomic E-state index is 0.0481. The second kappa shape index (κ2) is 5.83. The first kappa shape index (κ1) is 14.8. The molecular formula is C13H19ClN4O2. The fraction of sp³-hybridized carbons (Fsp3) is 0.615. The third-order valence-electron chi connectivity index (χ3n) is 3.40. The monoisotopic (exact) mass is 298 g/mol. The van der Waals surface area contributed by atoms with Gasteiger partial charge in [0.2, 0.25) is 5.91 Å². The average Bonchev–Trinajstić information content (AvgIpc) is 3.16. The number of carbonyl (C=O) groups is 1. The van der Waals surface area contributed by atoms with Gasteiger partial charge in [-0.05, 0) is 24.7 Å². The lowest BCUT2D eigenvalue weighted by atomic mass is 10.0. The Morgan fingerprint density at radius 2 is 2.25 bits per heavy atom. The molecule has 0 radical (unpaired) electrons. The fourth-order valence-corrected chi connectivity index (χ4v) is 2.18. The summed E-state index contributed by atoms with van der Waals surface area (Å²) in [4.78, 5) is 23.8. The molecule has 1 unspecified atom stereocenters. The van der Waals surface area contributed by atoms with E-state index in [4.69, 9.17) is 17.3 Å². The molecule has 7 heteroatoms. The lowest BCUT2D eigenvalue weighted by molar-refractivity contribution is -0.119. The third kappa shape index (κ3) is 3.30. The highest BCUT2D eigenvalue weighted by atomic mass is 35.5. The molecular weight excluding hydrogens is 280 g/mol. The van der Waals surface area contributed by atoms with Crippen LogP contribution in [0.25, 0.3) is 0 Å². The number of nitrogens with zero attached hydrogens (tertiary/aromatic N) is 2. The van der Waals surface area contributed by atoms with Crippen LogP contribution in [0.5, 0.6) is 0 Å². The number of rotatable bonds is 6. The molecule has 110 valence electrons. The van der Waals surface area contributed by atoms with E-state index in [1.165, 1.54) is 10.9 Å². The minimum atomic E-state index is -0.642. The normalized spacial score (nSPS) is 16.2. The molecule has 0 saturated heterocycles. The highest BCUT2D eigenvalue weighted by Gasteiger charge is 2.25. The van der Waals surface area contributed by atoms with Crippen LogP contribution in [-0.2, 0) is 11.3 Å². The summed E-state index contributed by atoms with van der Waals surface area (Å²) in [6, 6.07) is -0.642. The predicted octanol–water partition coefficient (Wildman–Crippen LogP) is 1.23. The van der Waals surface area contributed by atoms with Crippen LogP contribution < -0.4 is 16.6 Å². The van der Waals surface area contributed by atoms with Gasteiger partial charge in [0.05, 0.1) is 11.2 Å². The first-order chi connectivity index (χ1) is 9.40. The van der Waals surface area contributed by atoms with Crippen molar-refractivity contribution in [3.63, 3.8) is 0 Å². The van der Waals surface area contributed by atoms with Gasteiger partial charge in [-0.1, -0.05) is 25.4 Å². The zero-order chi connectivity index (χ0) is 14.9. The van der Waals surface area contributed by atoms with Crippen molar-refractivity contribution >= 4 is 23.2 Å². The SMILES string of the molecule is CC(C)C(Nc1c(Cl)cnn(CC2CC2)c1=O)C(N)=O. The molecule has 20 heavy (non-hydrogen) atoms. The van der Waals surface area contributed by atoms with Crippen molar-refractivity contribution in [2.45, 2.75) is 39.3 Å². The summed E-state index contributed by atoms with van der Waals surface area (Å²) >= 11 is 6.02. The van der Waals surface area contributed by atoms with Gasteiger partial charge in [-0.15, -0.1) is 0 Å². The highest BCUT2D eigenvalue weighted by Crippen LogP contribution is 2.30. The van der Waals surface area contributed by atoms with Crippen LogP contribution in [0.4, 0.5) is 5.69 Å².